The zero-order valence-electron chi connectivity index (χ0n) is 9.70. The molecule has 0 heterocycles. The lowest BCUT2D eigenvalue weighted by atomic mass is 10.2. The van der Waals surface area contributed by atoms with E-state index in [1.54, 1.807) is 18.2 Å². The van der Waals surface area contributed by atoms with Gasteiger partial charge in [0, 0.05) is 16.7 Å². The van der Waals surface area contributed by atoms with Crippen LogP contribution in [0.4, 0.5) is 11.4 Å². The highest BCUT2D eigenvalue weighted by Crippen LogP contribution is 2.23. The maximum atomic E-state index is 11.6. The van der Waals surface area contributed by atoms with Crippen molar-refractivity contribution in [1.82, 2.24) is 4.72 Å². The fraction of sp³-hybridized carbons (Fsp3) is 0.400. The third-order valence-corrected chi connectivity index (χ3v) is 3.70. The van der Waals surface area contributed by atoms with Gasteiger partial charge in [-0.25, -0.2) is 0 Å². The Morgan fingerprint density at radius 3 is 2.59 bits per heavy atom. The largest absolute Gasteiger partial charge is 0.398 e. The molecule has 0 amide bonds. The monoisotopic (exact) mass is 321 g/mol. The molecule has 0 saturated heterocycles. The van der Waals surface area contributed by atoms with Gasteiger partial charge in [0.1, 0.15) is 0 Å². The van der Waals surface area contributed by atoms with E-state index < -0.39 is 10.2 Å². The average molecular weight is 322 g/mol. The van der Waals surface area contributed by atoms with Crippen LogP contribution in [0.1, 0.15) is 13.8 Å². The Morgan fingerprint density at radius 2 is 2.06 bits per heavy atom. The topological polar surface area (TPSA) is 84.2 Å². The predicted molar refractivity (Wildman–Crippen MR) is 73.9 cm³/mol. The molecule has 7 heteroatoms. The smallest absolute Gasteiger partial charge is 0.299 e. The van der Waals surface area contributed by atoms with E-state index >= 15 is 0 Å². The summed E-state index contributed by atoms with van der Waals surface area (Å²) in [6, 6.07) is 4.88. The lowest BCUT2D eigenvalue weighted by Gasteiger charge is -2.11. The molecule has 0 aliphatic heterocycles. The van der Waals surface area contributed by atoms with Gasteiger partial charge in [0.2, 0.25) is 0 Å². The van der Waals surface area contributed by atoms with Gasteiger partial charge in [-0.05, 0) is 40.0 Å². The van der Waals surface area contributed by atoms with Gasteiger partial charge in [-0.2, -0.15) is 13.1 Å². The van der Waals surface area contributed by atoms with Gasteiger partial charge >= 0.3 is 0 Å². The lowest BCUT2D eigenvalue weighted by Crippen LogP contribution is -2.32. The van der Waals surface area contributed by atoms with E-state index in [-0.39, 0.29) is 5.92 Å². The quantitative estimate of drug-likeness (QED) is 0.724. The Labute approximate surface area is 110 Å². The van der Waals surface area contributed by atoms with Crippen molar-refractivity contribution in [2.24, 2.45) is 5.92 Å². The van der Waals surface area contributed by atoms with Gasteiger partial charge in [-0.3, -0.25) is 4.72 Å². The molecule has 5 nitrogen and oxygen atoms in total. The van der Waals surface area contributed by atoms with Gasteiger partial charge in [-0.1, -0.05) is 13.8 Å². The number of nitrogens with one attached hydrogen (secondary N) is 2. The van der Waals surface area contributed by atoms with Crippen molar-refractivity contribution in [2.45, 2.75) is 13.8 Å². The van der Waals surface area contributed by atoms with Crippen LogP contribution in [0, 0.1) is 5.92 Å². The van der Waals surface area contributed by atoms with Crippen LogP contribution in [0.2, 0.25) is 0 Å². The second-order valence-corrected chi connectivity index (χ2v) is 6.44. The summed E-state index contributed by atoms with van der Waals surface area (Å²) in [5, 5.41) is 0. The van der Waals surface area contributed by atoms with Gasteiger partial charge in [0.25, 0.3) is 10.2 Å². The minimum absolute atomic E-state index is 0.251. The van der Waals surface area contributed by atoms with Crippen LogP contribution >= 0.6 is 15.9 Å². The van der Waals surface area contributed by atoms with Crippen LogP contribution in [0.3, 0.4) is 0 Å². The van der Waals surface area contributed by atoms with E-state index in [1.807, 2.05) is 13.8 Å². The van der Waals surface area contributed by atoms with Crippen molar-refractivity contribution < 1.29 is 8.42 Å². The maximum Gasteiger partial charge on any atom is 0.299 e. The molecule has 1 aromatic carbocycles. The van der Waals surface area contributed by atoms with Crippen LogP contribution in [0.25, 0.3) is 0 Å². The van der Waals surface area contributed by atoms with Crippen molar-refractivity contribution in [3.05, 3.63) is 22.7 Å². The van der Waals surface area contributed by atoms with Crippen LogP contribution in [0.5, 0.6) is 0 Å². The van der Waals surface area contributed by atoms with Gasteiger partial charge in [-0.15, -0.1) is 0 Å². The first-order valence-electron chi connectivity index (χ1n) is 5.12. The van der Waals surface area contributed by atoms with Crippen LogP contribution in [0.15, 0.2) is 22.7 Å². The number of halogens is 1. The third kappa shape index (κ3) is 4.93. The number of hydrogen-bond acceptors (Lipinski definition) is 3. The molecule has 0 bridgehead atoms. The fourth-order valence-electron chi connectivity index (χ4n) is 1.07. The third-order valence-electron chi connectivity index (χ3n) is 1.93. The Bertz CT molecular complexity index is 488. The minimum Gasteiger partial charge on any atom is -0.398 e. The molecule has 1 rings (SSSR count). The highest BCUT2D eigenvalue weighted by Gasteiger charge is 2.10. The second-order valence-electron chi connectivity index (χ2n) is 4.08. The molecule has 0 aliphatic carbocycles. The molecule has 0 radical (unpaired) electrons. The number of benzene rings is 1. The van der Waals surface area contributed by atoms with Crippen LogP contribution in [-0.4, -0.2) is 15.0 Å². The van der Waals surface area contributed by atoms with Crippen molar-refractivity contribution in [3.63, 3.8) is 0 Å². The lowest BCUT2D eigenvalue weighted by molar-refractivity contribution is 0.565. The van der Waals surface area contributed by atoms with E-state index in [0.717, 1.165) is 4.47 Å². The van der Waals surface area contributed by atoms with Crippen LogP contribution < -0.4 is 15.2 Å². The van der Waals surface area contributed by atoms with Crippen molar-refractivity contribution in [3.8, 4) is 0 Å². The van der Waals surface area contributed by atoms with Gasteiger partial charge < -0.3 is 5.73 Å². The predicted octanol–water partition coefficient (Wildman–Crippen LogP) is 1.93. The Kier molecular flexibility index (Phi) is 4.79. The standard InChI is InChI=1S/C10H16BrN3O2S/c1-7(2)6-13-17(15,16)14-8-3-4-9(11)10(12)5-8/h3-5,7,13-14H,6,12H2,1-2H3. The highest BCUT2D eigenvalue weighted by atomic mass is 79.9. The van der Waals surface area contributed by atoms with Crippen molar-refractivity contribution >= 4 is 37.5 Å². The molecule has 0 saturated carbocycles. The summed E-state index contributed by atoms with van der Waals surface area (Å²) < 4.78 is 28.8. The number of hydrogen-bond donors (Lipinski definition) is 3. The fourth-order valence-corrected chi connectivity index (χ4v) is 2.38. The molecule has 96 valence electrons. The Morgan fingerprint density at radius 1 is 1.41 bits per heavy atom. The zero-order chi connectivity index (χ0) is 13.1. The SMILES string of the molecule is CC(C)CNS(=O)(=O)Nc1ccc(Br)c(N)c1. The summed E-state index contributed by atoms with van der Waals surface area (Å²) in [7, 11) is -3.53. The molecular formula is C10H16BrN3O2S. The van der Waals surface area contributed by atoms with Crippen molar-refractivity contribution in [1.29, 1.82) is 0 Å². The summed E-state index contributed by atoms with van der Waals surface area (Å²) in [5.74, 6) is 0.251. The summed E-state index contributed by atoms with van der Waals surface area (Å²) in [6.45, 7) is 4.25. The van der Waals surface area contributed by atoms with E-state index in [9.17, 15) is 8.42 Å². The molecule has 0 atom stereocenters. The maximum absolute atomic E-state index is 11.6. The molecule has 1 aromatic rings. The summed E-state index contributed by atoms with van der Waals surface area (Å²) in [5.41, 5.74) is 6.57. The summed E-state index contributed by atoms with van der Waals surface area (Å²) >= 11 is 3.24. The second kappa shape index (κ2) is 5.70. The summed E-state index contributed by atoms with van der Waals surface area (Å²) in [4.78, 5) is 0. The first kappa shape index (κ1) is 14.3. The number of nitrogen functional groups attached to an aromatic ring is 1. The summed E-state index contributed by atoms with van der Waals surface area (Å²) in [6.07, 6.45) is 0. The first-order valence-corrected chi connectivity index (χ1v) is 7.40. The minimum atomic E-state index is -3.53. The van der Waals surface area contributed by atoms with Gasteiger partial charge in [0.05, 0.1) is 5.69 Å². The average Bonchev–Trinajstić information content (AvgIpc) is 2.21. The normalized spacial score (nSPS) is 11.8. The van der Waals surface area contributed by atoms with Crippen LogP contribution in [-0.2, 0) is 10.2 Å². The Balaban J connectivity index is 2.73. The van der Waals surface area contributed by atoms with E-state index in [4.69, 9.17) is 5.73 Å². The molecule has 0 spiro atoms. The molecule has 17 heavy (non-hydrogen) atoms. The molecule has 0 aromatic heterocycles. The number of nitrogens with two attached hydrogens (primary N) is 1. The van der Waals surface area contributed by atoms with Gasteiger partial charge in [0.15, 0.2) is 0 Å². The van der Waals surface area contributed by atoms with E-state index in [0.29, 0.717) is 17.9 Å². The number of anilines is 2. The molecule has 0 aliphatic rings. The molecule has 0 unspecified atom stereocenters. The first-order chi connectivity index (χ1) is 7.80. The Hall–Kier alpha value is -0.790. The van der Waals surface area contributed by atoms with E-state index in [2.05, 4.69) is 25.4 Å². The number of rotatable bonds is 5. The van der Waals surface area contributed by atoms with E-state index in [1.165, 1.54) is 0 Å². The molecule has 4 N–H and O–H groups in total. The molecule has 0 fully saturated rings. The zero-order valence-corrected chi connectivity index (χ0v) is 12.1. The van der Waals surface area contributed by atoms with Crippen molar-refractivity contribution in [2.75, 3.05) is 17.0 Å². The molecular weight excluding hydrogens is 306 g/mol. The highest BCUT2D eigenvalue weighted by molar-refractivity contribution is 9.10.